The van der Waals surface area contributed by atoms with Gasteiger partial charge in [0.1, 0.15) is 0 Å². The first-order valence-electron chi connectivity index (χ1n) is 3.49. The molecule has 0 unspecified atom stereocenters. The molecule has 72 valence electrons. The van der Waals surface area contributed by atoms with Crippen LogP contribution in [0.2, 0.25) is 0 Å². The van der Waals surface area contributed by atoms with E-state index in [0.717, 1.165) is 10.5 Å². The number of hydrogen-bond donors (Lipinski definition) is 1. The minimum atomic E-state index is -1.51. The van der Waals surface area contributed by atoms with Gasteiger partial charge in [-0.1, -0.05) is 0 Å². The summed E-state index contributed by atoms with van der Waals surface area (Å²) in [6.45, 7) is 0.641. The van der Waals surface area contributed by atoms with Gasteiger partial charge in [0.25, 0.3) is 0 Å². The van der Waals surface area contributed by atoms with Gasteiger partial charge in [0.05, 0.1) is 0 Å². The molecule has 12 heavy (non-hydrogen) atoms. The Labute approximate surface area is 86.1 Å². The monoisotopic (exact) mass is 296 g/mol. The van der Waals surface area contributed by atoms with Crippen LogP contribution in [0.15, 0.2) is 24.3 Å². The van der Waals surface area contributed by atoms with Gasteiger partial charge in [0.15, 0.2) is 0 Å². The van der Waals surface area contributed by atoms with E-state index in [9.17, 15) is 0 Å². The molecule has 1 rings (SSSR count). The number of nitrogens with two attached hydrogens (primary N) is 1. The molecule has 0 saturated heterocycles. The average Bonchev–Trinajstić information content (AvgIpc) is 2.05. The molecule has 2 N–H and O–H groups in total. The van der Waals surface area contributed by atoms with E-state index in [2.05, 4.69) is 0 Å². The zero-order valence-electron chi connectivity index (χ0n) is 6.37. The molecule has 0 aliphatic heterocycles. The summed E-state index contributed by atoms with van der Waals surface area (Å²) in [7, 11) is 11.8. The Balaban J connectivity index is 2.92. The van der Waals surface area contributed by atoms with E-state index >= 15 is 0 Å². The number of rotatable bonds is 3. The maximum atomic E-state index is 5.89. The van der Waals surface area contributed by atoms with Crippen molar-refractivity contribution in [3.05, 3.63) is 29.8 Å². The topological polar surface area (TPSA) is 26.0 Å². The van der Waals surface area contributed by atoms with Gasteiger partial charge in [-0.15, -0.1) is 0 Å². The third-order valence-corrected chi connectivity index (χ3v) is 4.39. The van der Waals surface area contributed by atoms with Crippen molar-refractivity contribution in [1.29, 1.82) is 0 Å². The van der Waals surface area contributed by atoms with E-state index < -0.39 is 14.7 Å². The SMILES string of the molecule is NCCc1cccc[c]1[Pd-]([Cl])[Cl]. The summed E-state index contributed by atoms with van der Waals surface area (Å²) in [5.74, 6) is 0. The summed E-state index contributed by atoms with van der Waals surface area (Å²) >= 11 is -1.51. The van der Waals surface area contributed by atoms with Crippen molar-refractivity contribution >= 4 is 23.1 Å². The molecular formula is C8H10Cl2NPd-. The average molecular weight is 298 g/mol. The molecule has 0 fully saturated rings. The van der Waals surface area contributed by atoms with Crippen molar-refractivity contribution in [3.8, 4) is 0 Å². The second-order valence-electron chi connectivity index (χ2n) is 2.26. The second kappa shape index (κ2) is 5.22. The van der Waals surface area contributed by atoms with E-state index in [1.54, 1.807) is 0 Å². The molecule has 0 saturated carbocycles. The van der Waals surface area contributed by atoms with Gasteiger partial charge in [0, 0.05) is 0 Å². The van der Waals surface area contributed by atoms with Crippen LogP contribution >= 0.6 is 19.1 Å². The van der Waals surface area contributed by atoms with Gasteiger partial charge in [-0.25, -0.2) is 0 Å². The summed E-state index contributed by atoms with van der Waals surface area (Å²) in [4.78, 5) is 0. The minimum absolute atomic E-state index is 0.641. The van der Waals surface area contributed by atoms with Crippen molar-refractivity contribution < 1.29 is 14.7 Å². The molecule has 4 heteroatoms. The van der Waals surface area contributed by atoms with Gasteiger partial charge >= 0.3 is 86.3 Å². The van der Waals surface area contributed by atoms with Crippen LogP contribution in [-0.4, -0.2) is 6.54 Å². The van der Waals surface area contributed by atoms with Crippen LogP contribution in [0, 0.1) is 0 Å². The molecular weight excluding hydrogens is 287 g/mol. The second-order valence-corrected chi connectivity index (χ2v) is 7.46. The third-order valence-electron chi connectivity index (χ3n) is 1.47. The summed E-state index contributed by atoms with van der Waals surface area (Å²) < 4.78 is 1.08. The predicted molar refractivity (Wildman–Crippen MR) is 50.5 cm³/mol. The molecule has 1 aromatic rings. The van der Waals surface area contributed by atoms with Crippen LogP contribution in [0.3, 0.4) is 0 Å². The Morgan fingerprint density at radius 2 is 1.92 bits per heavy atom. The van der Waals surface area contributed by atoms with Crippen molar-refractivity contribution in [2.45, 2.75) is 6.42 Å². The number of hydrogen-bond acceptors (Lipinski definition) is 1. The first kappa shape index (κ1) is 10.5. The van der Waals surface area contributed by atoms with E-state index in [1.807, 2.05) is 24.3 Å². The molecule has 0 amide bonds. The molecule has 1 nitrogen and oxygen atoms in total. The standard InChI is InChI=1S/C8H10N.2ClH.Pd/c9-7-6-8-4-2-1-3-5-8;;;/h1-4H,6-7,9H2;2*1H;/q;;;+1/p-2. The summed E-state index contributed by atoms with van der Waals surface area (Å²) in [6, 6.07) is 7.94. The Morgan fingerprint density at radius 3 is 2.50 bits per heavy atom. The van der Waals surface area contributed by atoms with Crippen LogP contribution in [-0.2, 0) is 21.1 Å². The Bertz CT molecular complexity index is 253. The molecule has 0 aliphatic rings. The first-order chi connectivity index (χ1) is 5.75. The molecule has 0 aliphatic carbocycles. The summed E-state index contributed by atoms with van der Waals surface area (Å²) in [6.07, 6.45) is 0.855. The Hall–Kier alpha value is 0.422. The molecule has 0 aromatic heterocycles. The quantitative estimate of drug-likeness (QED) is 0.845. The zero-order chi connectivity index (χ0) is 8.97. The fourth-order valence-electron chi connectivity index (χ4n) is 0.954. The third kappa shape index (κ3) is 2.73. The Morgan fingerprint density at radius 1 is 1.25 bits per heavy atom. The molecule has 0 heterocycles. The molecule has 0 bridgehead atoms. The van der Waals surface area contributed by atoms with Crippen LogP contribution in [0.4, 0.5) is 0 Å². The fraction of sp³-hybridized carbons (Fsp3) is 0.250. The molecule has 0 spiro atoms. The maximum absolute atomic E-state index is 5.89. The zero-order valence-corrected chi connectivity index (χ0v) is 9.44. The van der Waals surface area contributed by atoms with Crippen molar-refractivity contribution in [2.75, 3.05) is 6.54 Å². The van der Waals surface area contributed by atoms with Crippen molar-refractivity contribution in [3.63, 3.8) is 0 Å². The summed E-state index contributed by atoms with van der Waals surface area (Å²) in [5, 5.41) is 0. The van der Waals surface area contributed by atoms with Gasteiger partial charge in [-0.2, -0.15) is 0 Å². The van der Waals surface area contributed by atoms with E-state index in [1.165, 1.54) is 5.56 Å². The van der Waals surface area contributed by atoms with Crippen LogP contribution < -0.4 is 9.77 Å². The normalized spacial score (nSPS) is 11.4. The fourth-order valence-corrected chi connectivity index (χ4v) is 3.38. The van der Waals surface area contributed by atoms with Crippen molar-refractivity contribution in [1.82, 2.24) is 0 Å². The van der Waals surface area contributed by atoms with Gasteiger partial charge < -0.3 is 0 Å². The number of benzene rings is 1. The van der Waals surface area contributed by atoms with E-state index in [4.69, 9.17) is 24.8 Å². The molecule has 0 radical (unpaired) electrons. The predicted octanol–water partition coefficient (Wildman–Crippen LogP) is 1.74. The summed E-state index contributed by atoms with van der Waals surface area (Å²) in [5.41, 5.74) is 6.64. The van der Waals surface area contributed by atoms with E-state index in [-0.39, 0.29) is 0 Å². The van der Waals surface area contributed by atoms with Crippen LogP contribution in [0.25, 0.3) is 0 Å². The van der Waals surface area contributed by atoms with Crippen LogP contribution in [0.1, 0.15) is 5.56 Å². The molecule has 0 atom stereocenters. The van der Waals surface area contributed by atoms with Gasteiger partial charge in [-0.05, 0) is 0 Å². The first-order valence-corrected chi connectivity index (χ1v) is 8.27. The van der Waals surface area contributed by atoms with Crippen LogP contribution in [0.5, 0.6) is 0 Å². The van der Waals surface area contributed by atoms with Crippen molar-refractivity contribution in [2.24, 2.45) is 5.73 Å². The number of halogens is 2. The molecule has 1 aromatic carbocycles. The van der Waals surface area contributed by atoms with E-state index in [0.29, 0.717) is 6.54 Å². The Kier molecular flexibility index (Phi) is 4.57. The van der Waals surface area contributed by atoms with Gasteiger partial charge in [-0.3, -0.25) is 0 Å². The van der Waals surface area contributed by atoms with Gasteiger partial charge in [0.2, 0.25) is 0 Å².